The van der Waals surface area contributed by atoms with Gasteiger partial charge in [-0.3, -0.25) is 0 Å². The molecule has 1 heterocycles. The van der Waals surface area contributed by atoms with Gasteiger partial charge in [-0.2, -0.15) is 4.31 Å². The topological polar surface area (TPSA) is 66.6 Å². The Labute approximate surface area is 122 Å². The zero-order valence-corrected chi connectivity index (χ0v) is 13.2. The summed E-state index contributed by atoms with van der Waals surface area (Å²) < 4.78 is 27.4. The molecule has 0 saturated carbocycles. The predicted molar refractivity (Wildman–Crippen MR) is 79.4 cm³/mol. The molecule has 1 saturated heterocycles. The Balaban J connectivity index is 2.26. The normalized spacial score (nSPS) is 18.6. The minimum atomic E-state index is -3.50. The van der Waals surface area contributed by atoms with Crippen molar-refractivity contribution in [2.24, 2.45) is 0 Å². The van der Waals surface area contributed by atoms with Gasteiger partial charge in [0.05, 0.1) is 5.69 Å². The molecule has 0 unspecified atom stereocenters. The van der Waals surface area contributed by atoms with Crippen molar-refractivity contribution < 1.29 is 8.42 Å². The van der Waals surface area contributed by atoms with Crippen LogP contribution in [0.4, 0.5) is 5.69 Å². The first-order valence-corrected chi connectivity index (χ1v) is 8.46. The van der Waals surface area contributed by atoms with Crippen molar-refractivity contribution >= 4 is 31.6 Å². The van der Waals surface area contributed by atoms with E-state index in [1.165, 1.54) is 4.31 Å². The summed E-state index contributed by atoms with van der Waals surface area (Å²) in [4.78, 5) is 2.42. The minimum Gasteiger partial charge on any atom is -0.398 e. The van der Waals surface area contributed by atoms with Crippen LogP contribution in [-0.2, 0) is 10.0 Å². The Morgan fingerprint density at radius 1 is 1.26 bits per heavy atom. The molecule has 2 N–H and O–H groups in total. The Morgan fingerprint density at radius 3 is 2.47 bits per heavy atom. The van der Waals surface area contributed by atoms with Gasteiger partial charge in [-0.15, -0.1) is 0 Å². The van der Waals surface area contributed by atoms with Crippen molar-refractivity contribution in [2.75, 3.05) is 38.5 Å². The number of hydrogen-bond donors (Lipinski definition) is 1. The smallest absolute Gasteiger partial charge is 0.245 e. The summed E-state index contributed by atoms with van der Waals surface area (Å²) in [6.45, 7) is 5.60. The lowest BCUT2D eigenvalue weighted by Crippen LogP contribution is -2.48. The summed E-state index contributed by atoms with van der Waals surface area (Å²) in [6, 6.07) is 4.92. The van der Waals surface area contributed by atoms with Crippen LogP contribution in [0.1, 0.15) is 6.92 Å². The lowest BCUT2D eigenvalue weighted by atomic mass is 10.3. The molecule has 1 aromatic carbocycles. The van der Waals surface area contributed by atoms with Crippen LogP contribution in [0.3, 0.4) is 0 Å². The molecule has 0 spiro atoms. The molecule has 1 aliphatic heterocycles. The first kappa shape index (κ1) is 14.8. The van der Waals surface area contributed by atoms with Crippen molar-refractivity contribution in [2.45, 2.75) is 11.8 Å². The second kappa shape index (κ2) is 5.78. The van der Waals surface area contributed by atoms with Crippen molar-refractivity contribution in [3.63, 3.8) is 0 Å². The molecule has 0 bridgehead atoms. The molecule has 106 valence electrons. The largest absolute Gasteiger partial charge is 0.398 e. The maximum Gasteiger partial charge on any atom is 0.245 e. The fraction of sp³-hybridized carbons (Fsp3) is 0.500. The number of sulfonamides is 1. The van der Waals surface area contributed by atoms with Gasteiger partial charge >= 0.3 is 0 Å². The van der Waals surface area contributed by atoms with Gasteiger partial charge in [-0.05, 0) is 24.7 Å². The molecular formula is C12H18BrN3O2S. The highest BCUT2D eigenvalue weighted by Gasteiger charge is 2.29. The molecular weight excluding hydrogens is 330 g/mol. The number of likely N-dealkylation sites (N-methyl/N-ethyl adjacent to an activating group) is 1. The molecule has 1 fully saturated rings. The van der Waals surface area contributed by atoms with E-state index < -0.39 is 10.0 Å². The lowest BCUT2D eigenvalue weighted by Gasteiger charge is -2.33. The van der Waals surface area contributed by atoms with Crippen LogP contribution in [0.25, 0.3) is 0 Å². The average Bonchev–Trinajstić information content (AvgIpc) is 2.41. The van der Waals surface area contributed by atoms with Gasteiger partial charge in [-0.25, -0.2) is 8.42 Å². The fourth-order valence-corrected chi connectivity index (χ4v) is 4.23. The van der Waals surface area contributed by atoms with Crippen LogP contribution in [0.2, 0.25) is 0 Å². The monoisotopic (exact) mass is 347 g/mol. The number of rotatable bonds is 3. The van der Waals surface area contributed by atoms with E-state index in [1.54, 1.807) is 18.2 Å². The van der Waals surface area contributed by atoms with Crippen molar-refractivity contribution in [1.29, 1.82) is 0 Å². The van der Waals surface area contributed by atoms with Crippen LogP contribution in [0.15, 0.2) is 27.6 Å². The molecule has 0 aliphatic carbocycles. The molecule has 7 heteroatoms. The second-order valence-electron chi connectivity index (χ2n) is 4.52. The van der Waals surface area contributed by atoms with Crippen LogP contribution in [0, 0.1) is 0 Å². The quantitative estimate of drug-likeness (QED) is 0.838. The summed E-state index contributed by atoms with van der Waals surface area (Å²) in [5.41, 5.74) is 6.09. The third-order valence-electron chi connectivity index (χ3n) is 3.37. The zero-order valence-electron chi connectivity index (χ0n) is 10.8. The number of benzene rings is 1. The minimum absolute atomic E-state index is 0.187. The van der Waals surface area contributed by atoms with Crippen molar-refractivity contribution in [3.05, 3.63) is 22.7 Å². The summed E-state index contributed by atoms with van der Waals surface area (Å²) in [5, 5.41) is 0. The van der Waals surface area contributed by atoms with Crippen LogP contribution < -0.4 is 5.73 Å². The molecule has 0 atom stereocenters. The van der Waals surface area contributed by atoms with Crippen LogP contribution >= 0.6 is 15.9 Å². The Bertz CT molecular complexity index is 554. The average molecular weight is 348 g/mol. The van der Waals surface area contributed by atoms with E-state index in [2.05, 4.69) is 27.8 Å². The standard InChI is InChI=1S/C12H18BrN3O2S/c1-2-15-5-7-16(8-6-15)19(17,18)12-9-10(13)3-4-11(12)14/h3-4,9H,2,5-8,14H2,1H3. The lowest BCUT2D eigenvalue weighted by molar-refractivity contribution is 0.196. The van der Waals surface area contributed by atoms with E-state index in [4.69, 9.17) is 5.73 Å². The van der Waals surface area contributed by atoms with Gasteiger partial charge in [0.25, 0.3) is 0 Å². The molecule has 5 nitrogen and oxygen atoms in total. The highest BCUT2D eigenvalue weighted by molar-refractivity contribution is 9.10. The third kappa shape index (κ3) is 3.10. The summed E-state index contributed by atoms with van der Waals surface area (Å²) >= 11 is 3.29. The van der Waals surface area contributed by atoms with E-state index in [-0.39, 0.29) is 4.90 Å². The summed E-state index contributed by atoms with van der Waals surface area (Å²) in [5.74, 6) is 0. The van der Waals surface area contributed by atoms with E-state index in [1.807, 2.05) is 0 Å². The van der Waals surface area contributed by atoms with Gasteiger partial charge in [0.2, 0.25) is 10.0 Å². The number of nitrogen functional groups attached to an aromatic ring is 1. The molecule has 1 aliphatic rings. The summed E-state index contributed by atoms with van der Waals surface area (Å²) in [7, 11) is -3.50. The number of hydrogen-bond acceptors (Lipinski definition) is 4. The number of nitrogens with zero attached hydrogens (tertiary/aromatic N) is 2. The molecule has 0 amide bonds. The first-order chi connectivity index (χ1) is 8.95. The number of nitrogens with two attached hydrogens (primary N) is 1. The summed E-state index contributed by atoms with van der Waals surface area (Å²) in [6.07, 6.45) is 0. The maximum absolute atomic E-state index is 12.6. The fourth-order valence-electron chi connectivity index (χ4n) is 2.16. The SMILES string of the molecule is CCN1CCN(S(=O)(=O)c2cc(Br)ccc2N)CC1. The number of piperazine rings is 1. The van der Waals surface area contributed by atoms with Crippen molar-refractivity contribution in [1.82, 2.24) is 9.21 Å². The molecule has 1 aromatic rings. The van der Waals surface area contributed by atoms with Crippen LogP contribution in [0.5, 0.6) is 0 Å². The van der Waals surface area contributed by atoms with E-state index in [0.717, 1.165) is 19.6 Å². The van der Waals surface area contributed by atoms with E-state index >= 15 is 0 Å². The highest BCUT2D eigenvalue weighted by Crippen LogP contribution is 2.26. The first-order valence-electron chi connectivity index (χ1n) is 6.22. The third-order valence-corrected chi connectivity index (χ3v) is 5.82. The van der Waals surface area contributed by atoms with Gasteiger partial charge in [0, 0.05) is 30.7 Å². The van der Waals surface area contributed by atoms with Crippen molar-refractivity contribution in [3.8, 4) is 0 Å². The van der Waals surface area contributed by atoms with Gasteiger partial charge in [0.1, 0.15) is 4.90 Å². The molecule has 0 aromatic heterocycles. The number of halogens is 1. The van der Waals surface area contributed by atoms with Crippen LogP contribution in [-0.4, -0.2) is 50.3 Å². The Kier molecular flexibility index (Phi) is 4.50. The molecule has 19 heavy (non-hydrogen) atoms. The Morgan fingerprint density at radius 2 is 1.89 bits per heavy atom. The highest BCUT2D eigenvalue weighted by atomic mass is 79.9. The van der Waals surface area contributed by atoms with Gasteiger partial charge in [0.15, 0.2) is 0 Å². The number of anilines is 1. The second-order valence-corrected chi connectivity index (χ2v) is 7.34. The van der Waals surface area contributed by atoms with Gasteiger partial charge in [-0.1, -0.05) is 22.9 Å². The molecule has 2 rings (SSSR count). The van der Waals surface area contributed by atoms with E-state index in [9.17, 15) is 8.42 Å². The zero-order chi connectivity index (χ0) is 14.0. The predicted octanol–water partition coefficient (Wildman–Crippen LogP) is 1.36. The van der Waals surface area contributed by atoms with Gasteiger partial charge < -0.3 is 10.6 Å². The molecule has 0 radical (unpaired) electrons. The maximum atomic E-state index is 12.6. The van der Waals surface area contributed by atoms with E-state index in [0.29, 0.717) is 23.2 Å². The Hall–Kier alpha value is -0.630.